The molecule has 2 aromatic rings. The Labute approximate surface area is 92.0 Å². The fourth-order valence-electron chi connectivity index (χ4n) is 1.20. The maximum absolute atomic E-state index is 9.53. The van der Waals surface area contributed by atoms with Crippen LogP contribution in [-0.2, 0) is 7.05 Å². The molecule has 0 bridgehead atoms. The number of aromatic hydroxyl groups is 1. The number of phenolic OH excluding ortho intramolecular Hbond substituents is 1. The Bertz CT molecular complexity index is 532. The van der Waals surface area contributed by atoms with E-state index in [1.165, 1.54) is 6.07 Å². The minimum atomic E-state index is 0.00548. The van der Waals surface area contributed by atoms with Crippen LogP contribution in [0, 0.1) is 0 Å². The van der Waals surface area contributed by atoms with E-state index >= 15 is 0 Å². The van der Waals surface area contributed by atoms with E-state index in [1.807, 2.05) is 0 Å². The Kier molecular flexibility index (Phi) is 2.55. The van der Waals surface area contributed by atoms with Crippen molar-refractivity contribution in [3.05, 3.63) is 30.5 Å². The Morgan fingerprint density at radius 2 is 2.12 bits per heavy atom. The van der Waals surface area contributed by atoms with Gasteiger partial charge >= 0.3 is 0 Å². The van der Waals surface area contributed by atoms with E-state index in [9.17, 15) is 5.11 Å². The number of benzene rings is 1. The Hall–Kier alpha value is -2.37. The van der Waals surface area contributed by atoms with Crippen molar-refractivity contribution in [2.45, 2.75) is 0 Å². The van der Waals surface area contributed by atoms with Gasteiger partial charge in [0.15, 0.2) is 5.82 Å². The maximum atomic E-state index is 9.53. The van der Waals surface area contributed by atoms with Gasteiger partial charge in [-0.3, -0.25) is 0 Å². The molecule has 0 spiro atoms. The zero-order valence-electron chi connectivity index (χ0n) is 8.70. The SMILES string of the molecule is Cn1nccc1/N=N/c1ccc(N)cc1O. The van der Waals surface area contributed by atoms with Crippen molar-refractivity contribution < 1.29 is 5.11 Å². The van der Waals surface area contributed by atoms with E-state index in [1.54, 1.807) is 36.1 Å². The van der Waals surface area contributed by atoms with E-state index in [-0.39, 0.29) is 5.75 Å². The van der Waals surface area contributed by atoms with E-state index in [0.717, 1.165) is 0 Å². The van der Waals surface area contributed by atoms with Crippen molar-refractivity contribution in [2.75, 3.05) is 5.73 Å². The number of nitrogen functional groups attached to an aromatic ring is 1. The van der Waals surface area contributed by atoms with Crippen LogP contribution in [0.1, 0.15) is 0 Å². The molecule has 6 heteroatoms. The molecule has 0 aliphatic rings. The van der Waals surface area contributed by atoms with Gasteiger partial charge in [0.25, 0.3) is 0 Å². The zero-order valence-corrected chi connectivity index (χ0v) is 8.70. The van der Waals surface area contributed by atoms with Crippen LogP contribution in [0.5, 0.6) is 5.75 Å². The van der Waals surface area contributed by atoms with Gasteiger partial charge < -0.3 is 10.8 Å². The summed E-state index contributed by atoms with van der Waals surface area (Å²) in [6.45, 7) is 0. The molecule has 82 valence electrons. The van der Waals surface area contributed by atoms with Crippen LogP contribution in [-0.4, -0.2) is 14.9 Å². The number of rotatable bonds is 2. The third-order valence-electron chi connectivity index (χ3n) is 2.05. The molecule has 0 amide bonds. The number of azo groups is 1. The molecule has 0 saturated carbocycles. The first-order chi connectivity index (χ1) is 7.66. The summed E-state index contributed by atoms with van der Waals surface area (Å²) >= 11 is 0. The maximum Gasteiger partial charge on any atom is 0.172 e. The summed E-state index contributed by atoms with van der Waals surface area (Å²) in [6.07, 6.45) is 1.62. The summed E-state index contributed by atoms with van der Waals surface area (Å²) in [4.78, 5) is 0. The van der Waals surface area contributed by atoms with Crippen LogP contribution in [0.4, 0.5) is 17.2 Å². The van der Waals surface area contributed by atoms with Crippen molar-refractivity contribution in [3.8, 4) is 5.75 Å². The van der Waals surface area contributed by atoms with Crippen LogP contribution in [0.15, 0.2) is 40.7 Å². The lowest BCUT2D eigenvalue weighted by atomic mass is 10.3. The third kappa shape index (κ3) is 2.00. The average molecular weight is 217 g/mol. The molecule has 3 N–H and O–H groups in total. The number of aryl methyl sites for hydroxylation is 1. The van der Waals surface area contributed by atoms with Gasteiger partial charge in [0.1, 0.15) is 11.4 Å². The zero-order chi connectivity index (χ0) is 11.5. The van der Waals surface area contributed by atoms with Gasteiger partial charge in [-0.1, -0.05) is 0 Å². The lowest BCUT2D eigenvalue weighted by Crippen LogP contribution is -1.87. The topological polar surface area (TPSA) is 88.8 Å². The average Bonchev–Trinajstić information content (AvgIpc) is 2.63. The van der Waals surface area contributed by atoms with Gasteiger partial charge in [0.05, 0.1) is 6.20 Å². The normalized spacial score (nSPS) is 11.1. The number of hydrogen-bond acceptors (Lipinski definition) is 5. The predicted octanol–water partition coefficient (Wildman–Crippen LogP) is 2.12. The van der Waals surface area contributed by atoms with Crippen molar-refractivity contribution in [2.24, 2.45) is 17.3 Å². The summed E-state index contributed by atoms with van der Waals surface area (Å²) in [7, 11) is 1.76. The molecule has 0 aliphatic carbocycles. The molecule has 1 aromatic carbocycles. The van der Waals surface area contributed by atoms with Crippen molar-refractivity contribution in [1.29, 1.82) is 0 Å². The molecule has 1 aromatic heterocycles. The van der Waals surface area contributed by atoms with Gasteiger partial charge in [0, 0.05) is 24.9 Å². The Balaban J connectivity index is 2.27. The summed E-state index contributed by atoms with van der Waals surface area (Å²) < 4.78 is 1.58. The number of nitrogens with two attached hydrogens (primary N) is 1. The number of hydrogen-bond donors (Lipinski definition) is 2. The molecule has 0 aliphatic heterocycles. The molecule has 0 atom stereocenters. The van der Waals surface area contributed by atoms with Crippen molar-refractivity contribution in [3.63, 3.8) is 0 Å². The summed E-state index contributed by atoms with van der Waals surface area (Å²) in [5, 5.41) is 21.3. The molecular weight excluding hydrogens is 206 g/mol. The molecule has 0 fully saturated rings. The number of aromatic nitrogens is 2. The molecule has 6 nitrogen and oxygen atoms in total. The molecule has 0 unspecified atom stereocenters. The number of anilines is 1. The second-order valence-corrected chi connectivity index (χ2v) is 3.26. The van der Waals surface area contributed by atoms with E-state index < -0.39 is 0 Å². The lowest BCUT2D eigenvalue weighted by molar-refractivity contribution is 0.476. The first kappa shape index (κ1) is 10.2. The van der Waals surface area contributed by atoms with Crippen LogP contribution in [0.25, 0.3) is 0 Å². The minimum Gasteiger partial charge on any atom is -0.506 e. The highest BCUT2D eigenvalue weighted by atomic mass is 16.3. The second kappa shape index (κ2) is 4.01. The first-order valence-corrected chi connectivity index (χ1v) is 4.65. The molecule has 0 saturated heterocycles. The summed E-state index contributed by atoms with van der Waals surface area (Å²) in [6, 6.07) is 6.40. The second-order valence-electron chi connectivity index (χ2n) is 3.26. The van der Waals surface area contributed by atoms with Gasteiger partial charge in [-0.2, -0.15) is 5.10 Å². The quantitative estimate of drug-likeness (QED) is 0.596. The smallest absolute Gasteiger partial charge is 0.172 e. The van der Waals surface area contributed by atoms with Crippen molar-refractivity contribution in [1.82, 2.24) is 9.78 Å². The number of phenols is 1. The van der Waals surface area contributed by atoms with Gasteiger partial charge in [-0.15, -0.1) is 10.2 Å². The molecule has 16 heavy (non-hydrogen) atoms. The van der Waals surface area contributed by atoms with Crippen LogP contribution in [0.2, 0.25) is 0 Å². The standard InChI is InChI=1S/C10H11N5O/c1-15-10(4-5-12-15)14-13-8-3-2-7(11)6-9(8)16/h2-6,16H,11H2,1H3/b14-13+. The van der Waals surface area contributed by atoms with Crippen molar-refractivity contribution >= 4 is 17.2 Å². The highest BCUT2D eigenvalue weighted by Crippen LogP contribution is 2.29. The monoisotopic (exact) mass is 217 g/mol. The third-order valence-corrected chi connectivity index (χ3v) is 2.05. The molecule has 1 heterocycles. The van der Waals surface area contributed by atoms with E-state index in [4.69, 9.17) is 5.73 Å². The van der Waals surface area contributed by atoms with Crippen LogP contribution in [0.3, 0.4) is 0 Å². The molecule has 0 radical (unpaired) electrons. The Morgan fingerprint density at radius 3 is 2.75 bits per heavy atom. The van der Waals surface area contributed by atoms with Crippen LogP contribution >= 0.6 is 0 Å². The predicted molar refractivity (Wildman–Crippen MR) is 59.9 cm³/mol. The number of nitrogens with zero attached hydrogens (tertiary/aromatic N) is 4. The van der Waals surface area contributed by atoms with Gasteiger partial charge in [-0.25, -0.2) is 4.68 Å². The largest absolute Gasteiger partial charge is 0.506 e. The van der Waals surface area contributed by atoms with Gasteiger partial charge in [-0.05, 0) is 12.1 Å². The van der Waals surface area contributed by atoms with Crippen LogP contribution < -0.4 is 5.73 Å². The minimum absolute atomic E-state index is 0.00548. The summed E-state index contributed by atoms with van der Waals surface area (Å²) in [5.74, 6) is 0.613. The fraction of sp³-hybridized carbons (Fsp3) is 0.100. The first-order valence-electron chi connectivity index (χ1n) is 4.65. The van der Waals surface area contributed by atoms with E-state index in [2.05, 4.69) is 15.3 Å². The fourth-order valence-corrected chi connectivity index (χ4v) is 1.20. The highest BCUT2D eigenvalue weighted by molar-refractivity contribution is 5.58. The molecule has 2 rings (SSSR count). The summed E-state index contributed by atoms with van der Waals surface area (Å²) in [5.41, 5.74) is 6.35. The highest BCUT2D eigenvalue weighted by Gasteiger charge is 2.00. The molecular formula is C10H11N5O. The Morgan fingerprint density at radius 1 is 1.31 bits per heavy atom. The van der Waals surface area contributed by atoms with Gasteiger partial charge in [0.2, 0.25) is 0 Å². The lowest BCUT2D eigenvalue weighted by Gasteiger charge is -1.98. The van der Waals surface area contributed by atoms with E-state index in [0.29, 0.717) is 17.2 Å².